The fraction of sp³-hybridized carbons (Fsp3) is 0.300. The molecule has 0 aromatic heterocycles. The van der Waals surface area contributed by atoms with E-state index in [-0.39, 0.29) is 12.5 Å². The van der Waals surface area contributed by atoms with Crippen LogP contribution in [0.2, 0.25) is 0 Å². The monoisotopic (exact) mass is 257 g/mol. The molecule has 0 unspecified atom stereocenters. The van der Waals surface area contributed by atoms with Crippen molar-refractivity contribution in [2.75, 3.05) is 6.54 Å². The Morgan fingerprint density at radius 3 is 2.79 bits per heavy atom. The Morgan fingerprint density at radius 2 is 2.21 bits per heavy atom. The van der Waals surface area contributed by atoms with Gasteiger partial charge in [0.15, 0.2) is 0 Å². The van der Waals surface area contributed by atoms with Crippen molar-refractivity contribution in [3.05, 3.63) is 34.3 Å². The maximum atomic E-state index is 11.5. The Kier molecular flexibility index (Phi) is 4.10. The molecule has 4 heteroatoms. The number of nitrogens with one attached hydrogen (secondary N) is 1. The highest BCUT2D eigenvalue weighted by Crippen LogP contribution is 2.15. The van der Waals surface area contributed by atoms with Crippen LogP contribution >= 0.6 is 15.9 Å². The lowest BCUT2D eigenvalue weighted by molar-refractivity contribution is 0.0923. The number of hydrogen-bond donors (Lipinski definition) is 2. The maximum Gasteiger partial charge on any atom is 0.252 e. The van der Waals surface area contributed by atoms with Crippen molar-refractivity contribution < 1.29 is 9.90 Å². The molecule has 3 nitrogen and oxygen atoms in total. The molecule has 1 atom stereocenters. The lowest BCUT2D eigenvalue weighted by Gasteiger charge is -2.07. The summed E-state index contributed by atoms with van der Waals surface area (Å²) in [6.07, 6.45) is -0.526. The minimum atomic E-state index is -0.526. The van der Waals surface area contributed by atoms with Gasteiger partial charge in [0.05, 0.1) is 11.7 Å². The summed E-state index contributed by atoms with van der Waals surface area (Å²) >= 11 is 3.28. The Labute approximate surface area is 91.3 Å². The predicted molar refractivity (Wildman–Crippen MR) is 58.2 cm³/mol. The predicted octanol–water partition coefficient (Wildman–Crippen LogP) is 1.56. The number of amides is 1. The second-order valence-corrected chi connectivity index (χ2v) is 3.89. The van der Waals surface area contributed by atoms with Gasteiger partial charge in [-0.25, -0.2) is 0 Å². The average molecular weight is 258 g/mol. The highest BCUT2D eigenvalue weighted by atomic mass is 79.9. The van der Waals surface area contributed by atoms with E-state index in [9.17, 15) is 4.79 Å². The Balaban J connectivity index is 2.65. The topological polar surface area (TPSA) is 49.3 Å². The highest BCUT2D eigenvalue weighted by molar-refractivity contribution is 9.10. The van der Waals surface area contributed by atoms with Gasteiger partial charge in [0.2, 0.25) is 0 Å². The average Bonchev–Trinajstić information content (AvgIpc) is 2.15. The van der Waals surface area contributed by atoms with Crippen molar-refractivity contribution in [2.45, 2.75) is 13.0 Å². The van der Waals surface area contributed by atoms with E-state index in [1.54, 1.807) is 25.1 Å². The summed E-state index contributed by atoms with van der Waals surface area (Å²) in [4.78, 5) is 11.5. The standard InChI is InChI=1S/C10H12BrNO2/c1-7(13)6-12-10(14)8-4-2-3-5-9(8)11/h2-5,7,13H,6H2,1H3,(H,12,14)/t7-/m1/s1. The first-order valence-electron chi connectivity index (χ1n) is 4.32. The Bertz CT molecular complexity index is 326. The van der Waals surface area contributed by atoms with Gasteiger partial charge < -0.3 is 10.4 Å². The summed E-state index contributed by atoms with van der Waals surface area (Å²) in [5.41, 5.74) is 0.577. The van der Waals surface area contributed by atoms with E-state index in [4.69, 9.17) is 5.11 Å². The molecule has 1 amide bonds. The van der Waals surface area contributed by atoms with Gasteiger partial charge in [0.25, 0.3) is 5.91 Å². The molecule has 1 aromatic rings. The van der Waals surface area contributed by atoms with E-state index in [2.05, 4.69) is 21.2 Å². The molecule has 0 saturated heterocycles. The van der Waals surface area contributed by atoms with E-state index < -0.39 is 6.10 Å². The minimum absolute atomic E-state index is 0.182. The van der Waals surface area contributed by atoms with Gasteiger partial charge in [-0.05, 0) is 35.0 Å². The van der Waals surface area contributed by atoms with Gasteiger partial charge in [0.1, 0.15) is 0 Å². The molecule has 0 heterocycles. The summed E-state index contributed by atoms with van der Waals surface area (Å²) in [5.74, 6) is -0.182. The maximum absolute atomic E-state index is 11.5. The molecule has 1 aromatic carbocycles. The van der Waals surface area contributed by atoms with Gasteiger partial charge >= 0.3 is 0 Å². The SMILES string of the molecule is C[C@@H](O)CNC(=O)c1ccccc1Br. The van der Waals surface area contributed by atoms with Crippen LogP contribution in [0.5, 0.6) is 0 Å². The molecule has 0 aliphatic heterocycles. The van der Waals surface area contributed by atoms with E-state index in [1.165, 1.54) is 0 Å². The zero-order valence-electron chi connectivity index (χ0n) is 7.83. The molecule has 0 bridgehead atoms. The highest BCUT2D eigenvalue weighted by Gasteiger charge is 2.08. The zero-order chi connectivity index (χ0) is 10.6. The van der Waals surface area contributed by atoms with Crippen LogP contribution in [0.3, 0.4) is 0 Å². The second-order valence-electron chi connectivity index (χ2n) is 3.04. The normalized spacial score (nSPS) is 12.2. The third-order valence-electron chi connectivity index (χ3n) is 1.68. The third kappa shape index (κ3) is 3.12. The van der Waals surface area contributed by atoms with E-state index >= 15 is 0 Å². The summed E-state index contributed by atoms with van der Waals surface area (Å²) in [6.45, 7) is 1.89. The number of carbonyl (C=O) groups excluding carboxylic acids is 1. The second kappa shape index (κ2) is 5.12. The molecule has 0 spiro atoms. The number of hydrogen-bond acceptors (Lipinski definition) is 2. The van der Waals surface area contributed by atoms with Crippen LogP contribution < -0.4 is 5.32 Å². The van der Waals surface area contributed by atoms with Crippen LogP contribution in [0.1, 0.15) is 17.3 Å². The third-order valence-corrected chi connectivity index (χ3v) is 2.37. The van der Waals surface area contributed by atoms with Gasteiger partial charge in [-0.15, -0.1) is 0 Å². The number of carbonyl (C=O) groups is 1. The Morgan fingerprint density at radius 1 is 1.57 bits per heavy atom. The fourth-order valence-corrected chi connectivity index (χ4v) is 1.45. The molecular formula is C10H12BrNO2. The molecule has 1 rings (SSSR count). The number of halogens is 1. The summed E-state index contributed by atoms with van der Waals surface area (Å²) < 4.78 is 0.753. The summed E-state index contributed by atoms with van der Waals surface area (Å²) in [5, 5.41) is 11.6. The molecule has 76 valence electrons. The minimum Gasteiger partial charge on any atom is -0.392 e. The lowest BCUT2D eigenvalue weighted by Crippen LogP contribution is -2.30. The largest absolute Gasteiger partial charge is 0.392 e. The van der Waals surface area contributed by atoms with Gasteiger partial charge in [-0.2, -0.15) is 0 Å². The van der Waals surface area contributed by atoms with Crippen LogP contribution in [0.15, 0.2) is 28.7 Å². The molecule has 2 N–H and O–H groups in total. The number of aliphatic hydroxyl groups is 1. The van der Waals surface area contributed by atoms with Crippen molar-refractivity contribution in [3.8, 4) is 0 Å². The van der Waals surface area contributed by atoms with Crippen molar-refractivity contribution >= 4 is 21.8 Å². The van der Waals surface area contributed by atoms with Crippen LogP contribution in [-0.4, -0.2) is 23.7 Å². The van der Waals surface area contributed by atoms with E-state index in [0.29, 0.717) is 5.56 Å². The Hall–Kier alpha value is -0.870. The molecule has 0 radical (unpaired) electrons. The van der Waals surface area contributed by atoms with Crippen molar-refractivity contribution in [3.63, 3.8) is 0 Å². The molecular weight excluding hydrogens is 246 g/mol. The van der Waals surface area contributed by atoms with Crippen LogP contribution in [0.25, 0.3) is 0 Å². The zero-order valence-corrected chi connectivity index (χ0v) is 9.41. The number of benzene rings is 1. The van der Waals surface area contributed by atoms with Crippen LogP contribution in [0.4, 0.5) is 0 Å². The number of aliphatic hydroxyl groups excluding tert-OH is 1. The quantitative estimate of drug-likeness (QED) is 0.864. The summed E-state index contributed by atoms with van der Waals surface area (Å²) in [6, 6.07) is 7.16. The van der Waals surface area contributed by atoms with Crippen molar-refractivity contribution in [1.82, 2.24) is 5.32 Å². The molecule has 0 aliphatic rings. The smallest absolute Gasteiger partial charge is 0.252 e. The first-order valence-corrected chi connectivity index (χ1v) is 5.11. The first kappa shape index (κ1) is 11.2. The molecule has 14 heavy (non-hydrogen) atoms. The van der Waals surface area contributed by atoms with E-state index in [1.807, 2.05) is 6.07 Å². The van der Waals surface area contributed by atoms with E-state index in [0.717, 1.165) is 4.47 Å². The first-order chi connectivity index (χ1) is 6.61. The number of rotatable bonds is 3. The van der Waals surface area contributed by atoms with Gasteiger partial charge in [-0.1, -0.05) is 12.1 Å². The van der Waals surface area contributed by atoms with Gasteiger partial charge in [0, 0.05) is 11.0 Å². The summed E-state index contributed by atoms with van der Waals surface area (Å²) in [7, 11) is 0. The molecule has 0 saturated carbocycles. The van der Waals surface area contributed by atoms with Gasteiger partial charge in [-0.3, -0.25) is 4.79 Å². The molecule has 0 fully saturated rings. The van der Waals surface area contributed by atoms with Crippen LogP contribution in [-0.2, 0) is 0 Å². The molecule has 0 aliphatic carbocycles. The lowest BCUT2D eigenvalue weighted by atomic mass is 10.2. The fourth-order valence-electron chi connectivity index (χ4n) is 0.981. The van der Waals surface area contributed by atoms with Crippen LogP contribution in [0, 0.1) is 0 Å². The van der Waals surface area contributed by atoms with Crippen molar-refractivity contribution in [2.24, 2.45) is 0 Å². The van der Waals surface area contributed by atoms with Crippen molar-refractivity contribution in [1.29, 1.82) is 0 Å².